The van der Waals surface area contributed by atoms with Gasteiger partial charge in [-0.25, -0.2) is 13.4 Å². The number of benzene rings is 3. The van der Waals surface area contributed by atoms with Crippen LogP contribution in [0.25, 0.3) is 22.4 Å². The molecule has 0 radical (unpaired) electrons. The fourth-order valence-corrected chi connectivity index (χ4v) is 5.67. The third-order valence-electron chi connectivity index (χ3n) is 5.78. The fourth-order valence-electron chi connectivity index (χ4n) is 3.82. The molecule has 0 aliphatic carbocycles. The summed E-state index contributed by atoms with van der Waals surface area (Å²) in [6, 6.07) is 22.7. The zero-order valence-corrected chi connectivity index (χ0v) is 21.7. The molecule has 0 bridgehead atoms. The molecule has 1 amide bonds. The Bertz CT molecular complexity index is 1660. The molecule has 0 fully saturated rings. The second-order valence-electron chi connectivity index (χ2n) is 8.25. The molecular weight excluding hydrogens is 510 g/mol. The van der Waals surface area contributed by atoms with Crippen molar-refractivity contribution in [2.45, 2.75) is 11.4 Å². The quantitative estimate of drug-likeness (QED) is 0.277. The topological polar surface area (TPSA) is 102 Å². The van der Waals surface area contributed by atoms with Crippen LogP contribution in [0.3, 0.4) is 0 Å². The van der Waals surface area contributed by atoms with E-state index in [1.807, 2.05) is 54.6 Å². The number of thiazole rings is 1. The Hall–Kier alpha value is -3.99. The molecule has 2 heterocycles. The van der Waals surface area contributed by atoms with Gasteiger partial charge in [-0.15, -0.1) is 11.3 Å². The van der Waals surface area contributed by atoms with Gasteiger partial charge in [-0.05, 0) is 42.0 Å². The highest BCUT2D eigenvalue weighted by molar-refractivity contribution is 7.89. The Morgan fingerprint density at radius 1 is 1.05 bits per heavy atom. The number of fused-ring (bicyclic) bond motifs is 1. The molecule has 2 aromatic heterocycles. The highest BCUT2D eigenvalue weighted by Crippen LogP contribution is 2.34. The number of anilines is 1. The molecule has 0 atom stereocenters. The number of ether oxygens (including phenoxy) is 1. The van der Waals surface area contributed by atoms with Gasteiger partial charge in [-0.1, -0.05) is 42.5 Å². The normalized spacial score (nSPS) is 11.6. The number of amides is 1. The third-order valence-corrected chi connectivity index (χ3v) is 8.35. The lowest BCUT2D eigenvalue weighted by Gasteiger charge is -2.17. The van der Waals surface area contributed by atoms with Crippen molar-refractivity contribution in [1.29, 1.82) is 0 Å². The summed E-state index contributed by atoms with van der Waals surface area (Å²) in [5.41, 5.74) is 2.41. The maximum absolute atomic E-state index is 13.0. The molecule has 0 aliphatic heterocycles. The van der Waals surface area contributed by atoms with Gasteiger partial charge in [-0.2, -0.15) is 4.31 Å². The largest absolute Gasteiger partial charge is 0.493 e. The Labute approximate surface area is 218 Å². The van der Waals surface area contributed by atoms with Crippen molar-refractivity contribution in [3.05, 3.63) is 95.4 Å². The third kappa shape index (κ3) is 5.12. The Kier molecular flexibility index (Phi) is 6.79. The van der Waals surface area contributed by atoms with E-state index in [1.165, 1.54) is 47.0 Å². The highest BCUT2D eigenvalue weighted by Gasteiger charge is 2.21. The van der Waals surface area contributed by atoms with Crippen molar-refractivity contribution in [2.24, 2.45) is 0 Å². The molecular formula is C27H23N3O5S2. The van der Waals surface area contributed by atoms with Crippen molar-refractivity contribution in [3.63, 3.8) is 0 Å². The van der Waals surface area contributed by atoms with E-state index in [-0.39, 0.29) is 11.4 Å². The molecule has 1 N–H and O–H groups in total. The molecule has 3 aromatic carbocycles. The minimum Gasteiger partial charge on any atom is -0.493 e. The molecule has 37 heavy (non-hydrogen) atoms. The number of methoxy groups -OCH3 is 1. The number of carbonyl (C=O) groups excluding carboxylic acids is 1. The Morgan fingerprint density at radius 2 is 1.81 bits per heavy atom. The fraction of sp³-hybridized carbons (Fsp3) is 0.111. The summed E-state index contributed by atoms with van der Waals surface area (Å²) in [5.74, 6) is 0.795. The lowest BCUT2D eigenvalue weighted by Crippen LogP contribution is -2.26. The summed E-state index contributed by atoms with van der Waals surface area (Å²) in [6.45, 7) is 0.246. The maximum Gasteiger partial charge on any atom is 0.257 e. The molecule has 0 aliphatic rings. The van der Waals surface area contributed by atoms with Crippen molar-refractivity contribution in [2.75, 3.05) is 19.5 Å². The predicted octanol–water partition coefficient (Wildman–Crippen LogP) is 5.64. The van der Waals surface area contributed by atoms with E-state index in [0.29, 0.717) is 33.5 Å². The zero-order valence-electron chi connectivity index (χ0n) is 20.0. The number of hydrogen-bond acceptors (Lipinski definition) is 7. The number of nitrogens with zero attached hydrogens (tertiary/aromatic N) is 2. The SMILES string of the molecule is COc1cccc2cc(-c3csc(NC(=O)c4ccc(S(=O)(=O)N(C)Cc5ccccc5)cc4)n3)oc12. The number of carbonyl (C=O) groups is 1. The van der Waals surface area contributed by atoms with Gasteiger partial charge >= 0.3 is 0 Å². The Morgan fingerprint density at radius 3 is 2.54 bits per heavy atom. The predicted molar refractivity (Wildman–Crippen MR) is 143 cm³/mol. The van der Waals surface area contributed by atoms with Gasteiger partial charge < -0.3 is 9.15 Å². The second kappa shape index (κ2) is 10.2. The van der Waals surface area contributed by atoms with Crippen molar-refractivity contribution in [1.82, 2.24) is 9.29 Å². The van der Waals surface area contributed by atoms with E-state index in [2.05, 4.69) is 10.3 Å². The van der Waals surface area contributed by atoms with Gasteiger partial charge in [0.2, 0.25) is 10.0 Å². The van der Waals surface area contributed by atoms with Crippen LogP contribution in [-0.2, 0) is 16.6 Å². The smallest absolute Gasteiger partial charge is 0.257 e. The first kappa shape index (κ1) is 24.7. The summed E-state index contributed by atoms with van der Waals surface area (Å²) >= 11 is 1.26. The summed E-state index contributed by atoms with van der Waals surface area (Å²) < 4.78 is 38.5. The van der Waals surface area contributed by atoms with Crippen molar-refractivity contribution < 1.29 is 22.4 Å². The first-order valence-electron chi connectivity index (χ1n) is 11.3. The number of aromatic nitrogens is 1. The van der Waals surface area contributed by atoms with E-state index in [4.69, 9.17) is 9.15 Å². The molecule has 0 unspecified atom stereocenters. The second-order valence-corrected chi connectivity index (χ2v) is 11.2. The summed E-state index contributed by atoms with van der Waals surface area (Å²) in [4.78, 5) is 17.4. The summed E-state index contributed by atoms with van der Waals surface area (Å²) in [6.07, 6.45) is 0. The van der Waals surface area contributed by atoms with Gasteiger partial charge in [0.25, 0.3) is 5.91 Å². The number of nitrogens with one attached hydrogen (secondary N) is 1. The number of furan rings is 1. The van der Waals surface area contributed by atoms with Crippen LogP contribution in [-0.4, -0.2) is 37.8 Å². The van der Waals surface area contributed by atoms with E-state index in [0.717, 1.165) is 10.9 Å². The van der Waals surface area contributed by atoms with Crippen LogP contribution >= 0.6 is 11.3 Å². The van der Waals surface area contributed by atoms with E-state index in [1.54, 1.807) is 12.5 Å². The van der Waals surface area contributed by atoms with Crippen LogP contribution in [0.15, 0.2) is 93.6 Å². The van der Waals surface area contributed by atoms with Gasteiger partial charge in [0.15, 0.2) is 22.2 Å². The standard InChI is InChI=1S/C27H23N3O5S2/c1-30(16-18-7-4-3-5-8-18)37(32,33)21-13-11-19(12-14-21)26(31)29-27-28-22(17-36-27)24-15-20-9-6-10-23(34-2)25(20)35-24/h3-15,17H,16H2,1-2H3,(H,28,29,31). The monoisotopic (exact) mass is 533 g/mol. The summed E-state index contributed by atoms with van der Waals surface area (Å²) in [5, 5.41) is 5.83. The zero-order chi connectivity index (χ0) is 26.0. The molecule has 5 rings (SSSR count). The number of sulfonamides is 1. The highest BCUT2D eigenvalue weighted by atomic mass is 32.2. The van der Waals surface area contributed by atoms with E-state index in [9.17, 15) is 13.2 Å². The van der Waals surface area contributed by atoms with Crippen LogP contribution in [0.1, 0.15) is 15.9 Å². The number of para-hydroxylation sites is 1. The minimum absolute atomic E-state index is 0.110. The average Bonchev–Trinajstić information content (AvgIpc) is 3.56. The average molecular weight is 534 g/mol. The van der Waals surface area contributed by atoms with E-state index < -0.39 is 15.9 Å². The molecule has 0 spiro atoms. The molecule has 8 nitrogen and oxygen atoms in total. The number of rotatable bonds is 8. The molecule has 0 saturated heterocycles. The molecule has 5 aromatic rings. The summed E-state index contributed by atoms with van der Waals surface area (Å²) in [7, 11) is -0.600. The van der Waals surface area contributed by atoms with Crippen molar-refractivity contribution in [3.8, 4) is 17.2 Å². The maximum atomic E-state index is 13.0. The lowest BCUT2D eigenvalue weighted by atomic mass is 10.2. The minimum atomic E-state index is -3.71. The van der Waals surface area contributed by atoms with Gasteiger partial charge in [-0.3, -0.25) is 10.1 Å². The van der Waals surface area contributed by atoms with Crippen molar-refractivity contribution >= 4 is 43.4 Å². The Balaban J connectivity index is 1.28. The first-order chi connectivity index (χ1) is 17.8. The van der Waals surface area contributed by atoms with E-state index >= 15 is 0 Å². The van der Waals surface area contributed by atoms with Crippen LogP contribution < -0.4 is 10.1 Å². The number of hydrogen-bond donors (Lipinski definition) is 1. The van der Waals surface area contributed by atoms with Gasteiger partial charge in [0.05, 0.1) is 12.0 Å². The lowest BCUT2D eigenvalue weighted by molar-refractivity contribution is 0.102. The van der Waals surface area contributed by atoms with Crippen LogP contribution in [0.4, 0.5) is 5.13 Å². The van der Waals surface area contributed by atoms with Gasteiger partial charge in [0.1, 0.15) is 5.69 Å². The molecule has 188 valence electrons. The van der Waals surface area contributed by atoms with Crippen LogP contribution in [0, 0.1) is 0 Å². The molecule has 10 heteroatoms. The van der Waals surface area contributed by atoms with Gasteiger partial charge in [0, 0.05) is 29.9 Å². The van der Waals surface area contributed by atoms with Crippen LogP contribution in [0.2, 0.25) is 0 Å². The molecule has 0 saturated carbocycles. The first-order valence-corrected chi connectivity index (χ1v) is 13.6. The van der Waals surface area contributed by atoms with Crippen LogP contribution in [0.5, 0.6) is 5.75 Å².